The first-order valence-electron chi connectivity index (χ1n) is 35.4. The first kappa shape index (κ1) is 85.2. The lowest BCUT2D eigenvalue weighted by atomic mass is 10.0. The summed E-state index contributed by atoms with van der Waals surface area (Å²) in [5, 5.41) is 15.6. The Labute approximate surface area is 705 Å². The zero-order valence-electron chi connectivity index (χ0n) is 59.3. The fourth-order valence-electron chi connectivity index (χ4n) is 14.5. The van der Waals surface area contributed by atoms with Crippen molar-refractivity contribution in [1.29, 1.82) is 0 Å². The van der Waals surface area contributed by atoms with Crippen LogP contribution in [0.4, 0.5) is 0 Å². The Hall–Kier alpha value is -11.6. The lowest BCUT2D eigenvalue weighted by Crippen LogP contribution is -2.54. The van der Waals surface area contributed by atoms with Crippen molar-refractivity contribution in [2.45, 2.75) is 128 Å². The molecule has 12 heterocycles. The zero-order chi connectivity index (χ0) is 81.4. The third-order valence-corrected chi connectivity index (χ3v) is 22.8. The average Bonchev–Trinajstić information content (AvgIpc) is 1.65. The predicted octanol–water partition coefficient (Wildman–Crippen LogP) is 7.94. The first-order chi connectivity index (χ1) is 54.6. The van der Waals surface area contributed by atoms with E-state index in [1.807, 2.05) is 6.07 Å². The molecule has 0 aliphatic carbocycles. The summed E-state index contributed by atoms with van der Waals surface area (Å²) in [6.07, 6.45) is 5.64. The highest BCUT2D eigenvalue weighted by Gasteiger charge is 2.50. The maximum absolute atomic E-state index is 12.4. The minimum Gasteiger partial charge on any atom is -0.343 e. The molecule has 0 radical (unpaired) electrons. The Morgan fingerprint density at radius 3 is 0.603 bits per heavy atom. The van der Waals surface area contributed by atoms with E-state index in [1.54, 1.807) is 140 Å². The van der Waals surface area contributed by atoms with Crippen LogP contribution in [0.3, 0.4) is 0 Å². The van der Waals surface area contributed by atoms with Gasteiger partial charge in [-0.05, 0) is 105 Å². The van der Waals surface area contributed by atoms with Crippen LogP contribution in [0.25, 0.3) is 0 Å². The molecular formula is C80H68N12O16S8. The van der Waals surface area contributed by atoms with E-state index in [0.29, 0.717) is 165 Å². The maximum Gasteiger partial charge on any atom is 0.262 e. The van der Waals surface area contributed by atoms with Gasteiger partial charge in [0.1, 0.15) is 39.1 Å². The average molecular weight is 1710 g/mol. The molecule has 6 atom stereocenters. The molecule has 6 unspecified atom stereocenters. The van der Waals surface area contributed by atoms with Crippen LogP contribution in [-0.4, -0.2) is 200 Å². The van der Waals surface area contributed by atoms with E-state index >= 15 is 0 Å². The van der Waals surface area contributed by atoms with Crippen molar-refractivity contribution >= 4 is 232 Å². The molecule has 36 heteroatoms. The Morgan fingerprint density at radius 1 is 0.216 bits per heavy atom. The van der Waals surface area contributed by atoms with Crippen molar-refractivity contribution in [2.24, 2.45) is 0 Å². The van der Waals surface area contributed by atoms with Crippen molar-refractivity contribution in [3.8, 4) is 0 Å². The standard InChI is InChI=1S/C13H10N2O4.2C13H10N2O3S.3C13H10N2O2S2.2CH4/c16-10-6-5-9(11(17)14-10)15-12(18)7-3-1-2-4-8(7)13(15)19;2*16-11-9(5-6-10(19)14-11)15-12(17)7-3-1-2-4-8(7)13(15)18;2*16-12-7-3-1-2-4-8(7)13(17)15(12)9-5-6-10(18)14-11(9)19;16-11-9(5-6-10(18)14-11)15-12(17)7-3-1-2-4-8(7)13(15)19;;/h1-4,9H,5-6H2,(H,14,16,17);2*1-4,9H,5-6H2,(H,14,16,19);2*1-4,9H,5-6H2,(H,14,18,19);1-4,9H,5-6H2,(H,14,16,18);2*1H4. The predicted molar refractivity (Wildman–Crippen MR) is 453 cm³/mol. The van der Waals surface area contributed by atoms with Gasteiger partial charge in [-0.25, -0.2) is 0 Å². The third kappa shape index (κ3) is 16.5. The Bertz CT molecular complexity index is 4400. The molecule has 6 fully saturated rings. The van der Waals surface area contributed by atoms with Crippen LogP contribution >= 0.6 is 97.7 Å². The second-order valence-electron chi connectivity index (χ2n) is 27.0. The number of benzene rings is 6. The highest BCUT2D eigenvalue weighted by molar-refractivity contribution is 7.82. The summed E-state index contributed by atoms with van der Waals surface area (Å²) in [4.78, 5) is 205. The molecule has 116 heavy (non-hydrogen) atoms. The van der Waals surface area contributed by atoms with Crippen LogP contribution in [-0.2, 0) is 24.0 Å². The molecule has 6 aromatic carbocycles. The number of hydrogen-bond donors (Lipinski definition) is 6. The van der Waals surface area contributed by atoms with Crippen LogP contribution in [0.2, 0.25) is 0 Å². The Balaban J connectivity index is 0.000000136. The lowest BCUT2D eigenvalue weighted by Gasteiger charge is -2.31. The number of piperidine rings is 6. The summed E-state index contributed by atoms with van der Waals surface area (Å²) in [6.45, 7) is 0. The van der Waals surface area contributed by atoms with Gasteiger partial charge in [-0.15, -0.1) is 0 Å². The monoisotopic (exact) mass is 1710 g/mol. The molecule has 6 N–H and O–H groups in total. The molecule has 28 nitrogen and oxygen atoms in total. The smallest absolute Gasteiger partial charge is 0.262 e. The Morgan fingerprint density at radius 2 is 0.388 bits per heavy atom. The number of amides is 16. The van der Waals surface area contributed by atoms with Gasteiger partial charge >= 0.3 is 0 Å². The van der Waals surface area contributed by atoms with Crippen molar-refractivity contribution in [1.82, 2.24) is 61.3 Å². The van der Waals surface area contributed by atoms with Crippen molar-refractivity contribution in [3.63, 3.8) is 0 Å². The maximum atomic E-state index is 12.4. The highest BCUT2D eigenvalue weighted by Crippen LogP contribution is 2.34. The van der Waals surface area contributed by atoms with Gasteiger partial charge in [0.25, 0.3) is 65.0 Å². The van der Waals surface area contributed by atoms with Gasteiger partial charge in [-0.2, -0.15) is 0 Å². The second-order valence-corrected chi connectivity index (χ2v) is 30.7. The van der Waals surface area contributed by atoms with E-state index in [1.165, 1.54) is 14.7 Å². The molecule has 12 aliphatic heterocycles. The molecule has 18 rings (SSSR count). The van der Waals surface area contributed by atoms with Crippen LogP contribution in [0.5, 0.6) is 0 Å². The van der Waals surface area contributed by atoms with Gasteiger partial charge in [0.05, 0.1) is 98.2 Å². The van der Waals surface area contributed by atoms with Crippen LogP contribution in [0.1, 0.15) is 211 Å². The van der Waals surface area contributed by atoms with Crippen LogP contribution in [0, 0.1) is 0 Å². The Kier molecular flexibility index (Phi) is 26.2. The quantitative estimate of drug-likeness (QED) is 0.0680. The van der Waals surface area contributed by atoms with E-state index in [0.717, 1.165) is 20.3 Å². The van der Waals surface area contributed by atoms with Gasteiger partial charge in [0.15, 0.2) is 0 Å². The van der Waals surface area contributed by atoms with Gasteiger partial charge in [0.2, 0.25) is 29.5 Å². The van der Waals surface area contributed by atoms with E-state index in [4.69, 9.17) is 97.7 Å². The highest BCUT2D eigenvalue weighted by atomic mass is 32.1. The number of nitrogens with zero attached hydrogens (tertiary/aromatic N) is 6. The normalized spacial score (nSPS) is 22.1. The third-order valence-electron chi connectivity index (χ3n) is 20.1. The van der Waals surface area contributed by atoms with E-state index in [9.17, 15) is 76.7 Å². The molecule has 16 amide bonds. The number of imide groups is 6. The lowest BCUT2D eigenvalue weighted by molar-refractivity contribution is -0.136. The number of nitrogens with one attached hydrogen (secondary N) is 6. The van der Waals surface area contributed by atoms with Gasteiger partial charge < -0.3 is 26.6 Å². The van der Waals surface area contributed by atoms with E-state index < -0.39 is 77.6 Å². The van der Waals surface area contributed by atoms with Crippen molar-refractivity contribution in [3.05, 3.63) is 212 Å². The van der Waals surface area contributed by atoms with Crippen molar-refractivity contribution in [2.75, 3.05) is 0 Å². The van der Waals surface area contributed by atoms with Gasteiger partial charge in [-0.3, -0.25) is 111 Å². The number of thiocarbonyl (C=S) groups is 8. The summed E-state index contributed by atoms with van der Waals surface area (Å²) >= 11 is 40.7. The molecule has 592 valence electrons. The summed E-state index contributed by atoms with van der Waals surface area (Å²) in [6, 6.07) is 36.7. The molecule has 0 spiro atoms. The van der Waals surface area contributed by atoms with E-state index in [2.05, 4.69) is 31.9 Å². The van der Waals surface area contributed by atoms with Crippen molar-refractivity contribution < 1.29 is 76.7 Å². The molecular weight excluding hydrogens is 1640 g/mol. The molecule has 0 bridgehead atoms. The fourth-order valence-corrected chi connectivity index (χ4v) is 16.8. The minimum absolute atomic E-state index is 0. The summed E-state index contributed by atoms with van der Waals surface area (Å²) in [5.41, 5.74) is 5.11. The number of carbonyl (C=O) groups excluding carboxylic acids is 16. The molecule has 6 saturated heterocycles. The number of carbonyl (C=O) groups is 16. The van der Waals surface area contributed by atoms with Gasteiger partial charge in [-0.1, -0.05) is 191 Å². The van der Waals surface area contributed by atoms with Gasteiger partial charge in [0, 0.05) is 44.1 Å². The molecule has 6 aromatic rings. The van der Waals surface area contributed by atoms with Crippen LogP contribution < -0.4 is 31.9 Å². The number of hydrogen-bond acceptors (Lipinski definition) is 24. The summed E-state index contributed by atoms with van der Waals surface area (Å²) < 4.78 is 0. The summed E-state index contributed by atoms with van der Waals surface area (Å²) in [5.74, 6) is -5.88. The molecule has 0 saturated carbocycles. The first-order valence-corrected chi connectivity index (χ1v) is 38.7. The largest absolute Gasteiger partial charge is 0.343 e. The minimum atomic E-state index is -0.898. The van der Waals surface area contributed by atoms with Crippen LogP contribution in [0.15, 0.2) is 146 Å². The number of rotatable bonds is 6. The molecule has 12 aliphatic rings. The SMILES string of the molecule is C.C.O=C1CCC(N2C(=O)c3ccccc3C2=O)C(=O)N1.O=C1NC(=S)CCC1N1C(=O)c2ccccc2C1=O.O=C1NC(=S)CCC1N1C(=O)c2ccccc2C1=O.O=C1NC(=S)CCC1N1C(=O)c2ccccc2C1=S.O=C1c2ccccc2C(=O)N1C1CCC(=S)NC1=S.O=C1c2ccccc2C(=O)N1C1CCC(=S)NC1=S. The second kappa shape index (κ2) is 35.6. The number of fused-ring (bicyclic) bond motifs is 6. The van der Waals surface area contributed by atoms with E-state index in [-0.39, 0.29) is 80.9 Å². The summed E-state index contributed by atoms with van der Waals surface area (Å²) in [7, 11) is 0. The topological polar surface area (TPSA) is 365 Å². The zero-order valence-corrected chi connectivity index (χ0v) is 65.8. The molecule has 0 aromatic heterocycles. The fraction of sp³-hybridized carbons (Fsp3) is 0.250.